The van der Waals surface area contributed by atoms with Gasteiger partial charge in [0.05, 0.1) is 0 Å². The first-order valence-electron chi connectivity index (χ1n) is 7.76. The number of hydrogen-bond acceptors (Lipinski definition) is 0. The molecule has 1 aliphatic carbocycles. The van der Waals surface area contributed by atoms with E-state index in [9.17, 15) is 0 Å². The minimum Gasteiger partial charge on any atom is -0.0651 e. The molecule has 0 aliphatic heterocycles. The molecule has 0 aromatic rings. The Labute approximate surface area is 110 Å². The molecule has 17 heavy (non-hydrogen) atoms. The van der Waals surface area contributed by atoms with Crippen LogP contribution >= 0.6 is 0 Å². The molecule has 102 valence electrons. The Kier molecular flexibility index (Phi) is 5.10. The highest BCUT2D eigenvalue weighted by Crippen LogP contribution is 2.50. The van der Waals surface area contributed by atoms with Crippen molar-refractivity contribution in [3.8, 4) is 0 Å². The van der Waals surface area contributed by atoms with Crippen molar-refractivity contribution in [1.82, 2.24) is 0 Å². The molecule has 0 radical (unpaired) electrons. The summed E-state index contributed by atoms with van der Waals surface area (Å²) in [4.78, 5) is 0. The summed E-state index contributed by atoms with van der Waals surface area (Å²) in [6, 6.07) is 0. The van der Waals surface area contributed by atoms with Crippen LogP contribution < -0.4 is 0 Å². The minimum absolute atomic E-state index is 0.521. The Hall–Kier alpha value is 0. The van der Waals surface area contributed by atoms with Gasteiger partial charge in [-0.3, -0.25) is 0 Å². The molecule has 0 heteroatoms. The first-order chi connectivity index (χ1) is 7.76. The fourth-order valence-electron chi connectivity index (χ4n) is 3.77. The monoisotopic (exact) mass is 238 g/mol. The van der Waals surface area contributed by atoms with E-state index in [1.807, 2.05) is 0 Å². The lowest BCUT2D eigenvalue weighted by atomic mass is 9.56. The third kappa shape index (κ3) is 4.00. The largest absolute Gasteiger partial charge is 0.0651 e. The van der Waals surface area contributed by atoms with E-state index in [0.717, 1.165) is 29.6 Å². The molecule has 0 nitrogen and oxygen atoms in total. The zero-order valence-electron chi connectivity index (χ0n) is 13.2. The van der Waals surface area contributed by atoms with E-state index in [1.54, 1.807) is 0 Å². The average molecular weight is 238 g/mol. The van der Waals surface area contributed by atoms with Gasteiger partial charge in [-0.2, -0.15) is 0 Å². The Balaban J connectivity index is 2.38. The Morgan fingerprint density at radius 1 is 1.18 bits per heavy atom. The zero-order valence-corrected chi connectivity index (χ0v) is 13.2. The second-order valence-electron chi connectivity index (χ2n) is 7.93. The molecule has 4 atom stereocenters. The van der Waals surface area contributed by atoms with Crippen LogP contribution in [0.15, 0.2) is 0 Å². The average Bonchev–Trinajstić information content (AvgIpc) is 2.19. The summed E-state index contributed by atoms with van der Waals surface area (Å²) in [6.07, 6.45) is 5.73. The van der Waals surface area contributed by atoms with Crippen molar-refractivity contribution < 1.29 is 0 Å². The number of hydrogen-bond donors (Lipinski definition) is 0. The Bertz CT molecular complexity index is 221. The Morgan fingerprint density at radius 2 is 1.76 bits per heavy atom. The van der Waals surface area contributed by atoms with Gasteiger partial charge < -0.3 is 0 Å². The summed E-state index contributed by atoms with van der Waals surface area (Å²) >= 11 is 0. The normalized spacial score (nSPS) is 31.4. The molecule has 0 aromatic carbocycles. The molecule has 1 fully saturated rings. The molecule has 1 saturated carbocycles. The van der Waals surface area contributed by atoms with Gasteiger partial charge in [0.1, 0.15) is 0 Å². The maximum absolute atomic E-state index is 2.51. The fourth-order valence-corrected chi connectivity index (χ4v) is 3.77. The highest BCUT2D eigenvalue weighted by Gasteiger charge is 2.41. The van der Waals surface area contributed by atoms with E-state index in [-0.39, 0.29) is 0 Å². The van der Waals surface area contributed by atoms with Gasteiger partial charge in [0.15, 0.2) is 0 Å². The molecule has 0 bridgehead atoms. The molecule has 1 rings (SSSR count). The fraction of sp³-hybridized carbons (Fsp3) is 1.00. The number of rotatable bonds is 5. The lowest BCUT2D eigenvalue weighted by Gasteiger charge is -2.49. The second-order valence-corrected chi connectivity index (χ2v) is 7.93. The maximum atomic E-state index is 2.51. The Morgan fingerprint density at radius 3 is 2.12 bits per heavy atom. The summed E-state index contributed by atoms with van der Waals surface area (Å²) in [5.41, 5.74) is 0.521. The van der Waals surface area contributed by atoms with Crippen LogP contribution in [0.1, 0.15) is 74.1 Å². The molecule has 0 heterocycles. The predicted octanol–water partition coefficient (Wildman–Crippen LogP) is 5.77. The van der Waals surface area contributed by atoms with Crippen LogP contribution in [-0.2, 0) is 0 Å². The summed E-state index contributed by atoms with van der Waals surface area (Å²) in [5, 5.41) is 0. The molecule has 0 amide bonds. The van der Waals surface area contributed by atoms with Crippen LogP contribution in [0.3, 0.4) is 0 Å². The summed E-state index contributed by atoms with van der Waals surface area (Å²) < 4.78 is 0. The molecule has 1 aliphatic rings. The maximum Gasteiger partial charge on any atom is -0.0352 e. The zero-order chi connectivity index (χ0) is 13.2. The molecule has 0 spiro atoms. The lowest BCUT2D eigenvalue weighted by Crippen LogP contribution is -2.41. The van der Waals surface area contributed by atoms with E-state index in [0.29, 0.717) is 5.41 Å². The third-order valence-corrected chi connectivity index (χ3v) is 5.14. The van der Waals surface area contributed by atoms with Gasteiger partial charge in [0.2, 0.25) is 0 Å². The van der Waals surface area contributed by atoms with E-state index in [2.05, 4.69) is 48.5 Å². The first kappa shape index (κ1) is 15.1. The third-order valence-electron chi connectivity index (χ3n) is 5.14. The van der Waals surface area contributed by atoms with Crippen LogP contribution in [0.5, 0.6) is 0 Å². The molecule has 0 N–H and O–H groups in total. The topological polar surface area (TPSA) is 0 Å². The van der Waals surface area contributed by atoms with Crippen LogP contribution in [0.4, 0.5) is 0 Å². The molecule has 4 unspecified atom stereocenters. The first-order valence-corrected chi connectivity index (χ1v) is 7.76. The van der Waals surface area contributed by atoms with Crippen molar-refractivity contribution >= 4 is 0 Å². The van der Waals surface area contributed by atoms with Gasteiger partial charge in [-0.25, -0.2) is 0 Å². The van der Waals surface area contributed by atoms with E-state index in [4.69, 9.17) is 0 Å². The van der Waals surface area contributed by atoms with Gasteiger partial charge in [0.25, 0.3) is 0 Å². The molecule has 0 aromatic heterocycles. The van der Waals surface area contributed by atoms with Crippen molar-refractivity contribution in [1.29, 1.82) is 0 Å². The van der Waals surface area contributed by atoms with Crippen molar-refractivity contribution in [2.75, 3.05) is 0 Å². The van der Waals surface area contributed by atoms with Gasteiger partial charge in [-0.15, -0.1) is 0 Å². The van der Waals surface area contributed by atoms with Gasteiger partial charge in [-0.1, -0.05) is 54.9 Å². The highest BCUT2D eigenvalue weighted by molar-refractivity contribution is 4.91. The molecule has 0 saturated heterocycles. The SMILES string of the molecule is CCC(C(C)C)C1CC(CCC(C)(C)C)C1C. The highest BCUT2D eigenvalue weighted by atomic mass is 14.5. The van der Waals surface area contributed by atoms with E-state index >= 15 is 0 Å². The van der Waals surface area contributed by atoms with Crippen LogP contribution in [-0.4, -0.2) is 0 Å². The van der Waals surface area contributed by atoms with Crippen LogP contribution in [0.2, 0.25) is 0 Å². The van der Waals surface area contributed by atoms with Crippen molar-refractivity contribution in [3.63, 3.8) is 0 Å². The van der Waals surface area contributed by atoms with Crippen molar-refractivity contribution in [2.24, 2.45) is 35.0 Å². The molecular weight excluding hydrogens is 204 g/mol. The quantitative estimate of drug-likeness (QED) is 0.570. The minimum atomic E-state index is 0.521. The standard InChI is InChI=1S/C17H34/c1-8-15(12(2)3)16-11-14(13(16)4)9-10-17(5,6)7/h12-16H,8-11H2,1-7H3. The smallest absolute Gasteiger partial charge is 0.0352 e. The summed E-state index contributed by atoms with van der Waals surface area (Å²) in [6.45, 7) is 16.8. The van der Waals surface area contributed by atoms with Gasteiger partial charge in [-0.05, 0) is 54.3 Å². The van der Waals surface area contributed by atoms with E-state index in [1.165, 1.54) is 25.7 Å². The van der Waals surface area contributed by atoms with Gasteiger partial charge >= 0.3 is 0 Å². The van der Waals surface area contributed by atoms with Crippen molar-refractivity contribution in [3.05, 3.63) is 0 Å². The molecular formula is C17H34. The van der Waals surface area contributed by atoms with Crippen LogP contribution in [0, 0.1) is 35.0 Å². The van der Waals surface area contributed by atoms with E-state index < -0.39 is 0 Å². The predicted molar refractivity (Wildman–Crippen MR) is 78.1 cm³/mol. The van der Waals surface area contributed by atoms with Gasteiger partial charge in [0, 0.05) is 0 Å². The lowest BCUT2D eigenvalue weighted by molar-refractivity contribution is 0.00548. The van der Waals surface area contributed by atoms with Crippen LogP contribution in [0.25, 0.3) is 0 Å². The summed E-state index contributed by atoms with van der Waals surface area (Å²) in [7, 11) is 0. The summed E-state index contributed by atoms with van der Waals surface area (Å²) in [5.74, 6) is 4.86. The second kappa shape index (κ2) is 5.76. The van der Waals surface area contributed by atoms with Crippen molar-refractivity contribution in [2.45, 2.75) is 74.1 Å².